The molecule has 2 N–H and O–H groups in total. The molecule has 2 aliphatic rings. The summed E-state index contributed by atoms with van der Waals surface area (Å²) in [4.78, 5) is 30.3. The lowest BCUT2D eigenvalue weighted by molar-refractivity contribution is -0.134. The Morgan fingerprint density at radius 1 is 1.03 bits per heavy atom. The first-order chi connectivity index (χ1) is 16.6. The lowest BCUT2D eigenvalue weighted by Gasteiger charge is -2.32. The van der Waals surface area contributed by atoms with Crippen molar-refractivity contribution in [3.8, 4) is 5.75 Å². The summed E-state index contributed by atoms with van der Waals surface area (Å²) in [5.74, 6) is -0.177. The van der Waals surface area contributed by atoms with Crippen molar-refractivity contribution < 1.29 is 14.7 Å². The molecule has 3 aromatic rings. The lowest BCUT2D eigenvalue weighted by atomic mass is 9.95. The number of phenolic OH excluding ortho intramolecular Hbond substituents is 1. The fourth-order valence-corrected chi connectivity index (χ4v) is 6.00. The number of likely N-dealkylation sites (tertiary alicyclic amines) is 1. The minimum Gasteiger partial charge on any atom is -0.506 e. The molecule has 0 saturated carbocycles. The van der Waals surface area contributed by atoms with E-state index in [1.54, 1.807) is 51.9 Å². The fraction of sp³-hybridized carbons (Fsp3) is 0.320. The Morgan fingerprint density at radius 3 is 2.50 bits per heavy atom. The lowest BCUT2D eigenvalue weighted by Crippen LogP contribution is -2.43. The molecule has 9 heteroatoms. The van der Waals surface area contributed by atoms with E-state index in [9.17, 15) is 14.7 Å². The number of aromatic hydroxyl groups is 1. The van der Waals surface area contributed by atoms with Crippen LogP contribution >= 0.6 is 22.7 Å². The second-order valence-electron chi connectivity index (χ2n) is 8.55. The SMILES string of the molecule is O=C(Nc1ccccc1O)C1CCN(CC(=O)N2N=C(c3cccs3)CC2c2cccs2)CC1. The number of benzene rings is 1. The zero-order valence-corrected chi connectivity index (χ0v) is 20.2. The Hall–Kier alpha value is -3.01. The number of phenols is 1. The molecule has 1 unspecified atom stereocenters. The Kier molecular flexibility index (Phi) is 6.75. The predicted octanol–water partition coefficient (Wildman–Crippen LogP) is 4.54. The van der Waals surface area contributed by atoms with Gasteiger partial charge < -0.3 is 10.4 Å². The molecule has 2 amide bonds. The number of hydrogen-bond acceptors (Lipinski definition) is 7. The highest BCUT2D eigenvalue weighted by Crippen LogP contribution is 2.36. The average Bonchev–Trinajstić information content (AvgIpc) is 3.62. The van der Waals surface area contributed by atoms with Gasteiger partial charge in [-0.05, 0) is 61.0 Å². The van der Waals surface area contributed by atoms with E-state index in [0.717, 1.165) is 21.9 Å². The summed E-state index contributed by atoms with van der Waals surface area (Å²) >= 11 is 3.30. The Bertz CT molecular complexity index is 1170. The van der Waals surface area contributed by atoms with E-state index in [2.05, 4.69) is 16.3 Å². The summed E-state index contributed by atoms with van der Waals surface area (Å²) in [5.41, 5.74) is 1.39. The first kappa shape index (κ1) is 22.8. The molecule has 2 aliphatic heterocycles. The number of nitrogens with one attached hydrogen (secondary N) is 1. The molecule has 1 saturated heterocycles. The minimum absolute atomic E-state index is 0.0120. The summed E-state index contributed by atoms with van der Waals surface area (Å²) in [6, 6.07) is 14.8. The molecule has 7 nitrogen and oxygen atoms in total. The zero-order chi connectivity index (χ0) is 23.5. The van der Waals surface area contributed by atoms with Crippen LogP contribution in [0.15, 0.2) is 64.4 Å². The number of anilines is 1. The van der Waals surface area contributed by atoms with Gasteiger partial charge >= 0.3 is 0 Å². The van der Waals surface area contributed by atoms with Crippen molar-refractivity contribution in [3.63, 3.8) is 0 Å². The van der Waals surface area contributed by atoms with Gasteiger partial charge in [0.15, 0.2) is 0 Å². The summed E-state index contributed by atoms with van der Waals surface area (Å²) in [6.07, 6.45) is 2.07. The van der Waals surface area contributed by atoms with E-state index in [0.29, 0.717) is 31.6 Å². The number of para-hydroxylation sites is 2. The molecule has 0 aliphatic carbocycles. The highest BCUT2D eigenvalue weighted by molar-refractivity contribution is 7.12. The van der Waals surface area contributed by atoms with Gasteiger partial charge in [0.05, 0.1) is 28.9 Å². The minimum atomic E-state index is -0.139. The Morgan fingerprint density at radius 2 is 1.79 bits per heavy atom. The number of rotatable bonds is 6. The molecule has 34 heavy (non-hydrogen) atoms. The van der Waals surface area contributed by atoms with Crippen molar-refractivity contribution in [3.05, 3.63) is 69.0 Å². The molecule has 176 valence electrons. The molecule has 1 aromatic carbocycles. The second-order valence-corrected chi connectivity index (χ2v) is 10.5. The molecular weight excluding hydrogens is 468 g/mol. The summed E-state index contributed by atoms with van der Waals surface area (Å²) in [7, 11) is 0. The third kappa shape index (κ3) is 4.91. The van der Waals surface area contributed by atoms with Gasteiger partial charge in [-0.1, -0.05) is 24.3 Å². The predicted molar refractivity (Wildman–Crippen MR) is 135 cm³/mol. The molecule has 1 atom stereocenters. The molecule has 2 aromatic heterocycles. The van der Waals surface area contributed by atoms with Gasteiger partial charge in [0, 0.05) is 17.2 Å². The van der Waals surface area contributed by atoms with E-state index >= 15 is 0 Å². The van der Waals surface area contributed by atoms with E-state index in [1.807, 2.05) is 29.0 Å². The second kappa shape index (κ2) is 10.1. The number of amides is 2. The van der Waals surface area contributed by atoms with Crippen molar-refractivity contribution in [1.82, 2.24) is 9.91 Å². The van der Waals surface area contributed by atoms with Crippen LogP contribution in [0.1, 0.15) is 35.1 Å². The maximum atomic E-state index is 13.3. The zero-order valence-electron chi connectivity index (χ0n) is 18.6. The molecule has 0 radical (unpaired) electrons. The van der Waals surface area contributed by atoms with E-state index in [-0.39, 0.29) is 36.1 Å². The van der Waals surface area contributed by atoms with E-state index < -0.39 is 0 Å². The van der Waals surface area contributed by atoms with Gasteiger partial charge in [-0.2, -0.15) is 5.10 Å². The summed E-state index contributed by atoms with van der Waals surface area (Å²) in [6.45, 7) is 1.63. The van der Waals surface area contributed by atoms with Crippen molar-refractivity contribution in [2.24, 2.45) is 11.0 Å². The van der Waals surface area contributed by atoms with Gasteiger partial charge in [0.2, 0.25) is 5.91 Å². The van der Waals surface area contributed by atoms with Crippen LogP contribution in [-0.2, 0) is 9.59 Å². The molecule has 0 spiro atoms. The number of hydrazone groups is 1. The van der Waals surface area contributed by atoms with Crippen molar-refractivity contribution >= 4 is 45.9 Å². The largest absolute Gasteiger partial charge is 0.506 e. The molecular formula is C25H26N4O3S2. The highest BCUT2D eigenvalue weighted by atomic mass is 32.1. The molecule has 0 bridgehead atoms. The molecule has 4 heterocycles. The number of piperidine rings is 1. The standard InChI is InChI=1S/C25H26N4O3S2/c30-21-6-2-1-5-18(21)26-25(32)17-9-11-28(12-10-17)16-24(31)29-20(23-8-4-14-34-23)15-19(27-29)22-7-3-13-33-22/h1-8,13-14,17,20,30H,9-12,15-16H2,(H,26,32). The topological polar surface area (TPSA) is 85.2 Å². The van der Waals surface area contributed by atoms with Crippen molar-refractivity contribution in [2.75, 3.05) is 25.0 Å². The van der Waals surface area contributed by atoms with Crippen LogP contribution in [-0.4, -0.2) is 52.2 Å². The fourth-order valence-electron chi connectivity index (χ4n) is 4.47. The molecule has 5 rings (SSSR count). The Balaban J connectivity index is 1.19. The average molecular weight is 495 g/mol. The summed E-state index contributed by atoms with van der Waals surface area (Å²) in [5, 5.41) is 23.2. The normalized spacial score (nSPS) is 19.2. The summed E-state index contributed by atoms with van der Waals surface area (Å²) < 4.78 is 0. The van der Waals surface area contributed by atoms with Gasteiger partial charge in [-0.3, -0.25) is 14.5 Å². The number of carbonyl (C=O) groups is 2. The Labute approximate surface area is 206 Å². The van der Waals surface area contributed by atoms with Crippen LogP contribution in [0.25, 0.3) is 0 Å². The number of hydrogen-bond donors (Lipinski definition) is 2. The third-order valence-electron chi connectivity index (χ3n) is 6.32. The first-order valence-corrected chi connectivity index (χ1v) is 13.1. The smallest absolute Gasteiger partial charge is 0.257 e. The third-order valence-corrected chi connectivity index (χ3v) is 8.21. The number of nitrogens with zero attached hydrogens (tertiary/aromatic N) is 3. The van der Waals surface area contributed by atoms with E-state index in [1.165, 1.54) is 0 Å². The van der Waals surface area contributed by atoms with Crippen LogP contribution in [0, 0.1) is 5.92 Å². The maximum absolute atomic E-state index is 13.3. The van der Waals surface area contributed by atoms with Gasteiger partial charge in [0.1, 0.15) is 5.75 Å². The highest BCUT2D eigenvalue weighted by Gasteiger charge is 2.35. The number of thiophene rings is 2. The van der Waals surface area contributed by atoms with Gasteiger partial charge in [-0.15, -0.1) is 22.7 Å². The van der Waals surface area contributed by atoms with Gasteiger partial charge in [-0.25, -0.2) is 5.01 Å². The van der Waals surface area contributed by atoms with Crippen LogP contribution < -0.4 is 5.32 Å². The van der Waals surface area contributed by atoms with E-state index in [4.69, 9.17) is 5.10 Å². The quantitative estimate of drug-likeness (QED) is 0.493. The van der Waals surface area contributed by atoms with Crippen LogP contribution in [0.5, 0.6) is 5.75 Å². The first-order valence-electron chi connectivity index (χ1n) is 11.4. The van der Waals surface area contributed by atoms with Crippen molar-refractivity contribution in [2.45, 2.75) is 25.3 Å². The molecule has 1 fully saturated rings. The van der Waals surface area contributed by atoms with Gasteiger partial charge in [0.25, 0.3) is 5.91 Å². The van der Waals surface area contributed by atoms with Crippen LogP contribution in [0.3, 0.4) is 0 Å². The van der Waals surface area contributed by atoms with Crippen molar-refractivity contribution in [1.29, 1.82) is 0 Å². The van der Waals surface area contributed by atoms with Crippen LogP contribution in [0.4, 0.5) is 5.69 Å². The monoisotopic (exact) mass is 494 g/mol. The van der Waals surface area contributed by atoms with Crippen LogP contribution in [0.2, 0.25) is 0 Å². The number of carbonyl (C=O) groups excluding carboxylic acids is 2. The maximum Gasteiger partial charge on any atom is 0.257 e.